The van der Waals surface area contributed by atoms with E-state index in [9.17, 15) is 14.4 Å². The number of carbonyl (C=O) groups is 3. The van der Waals surface area contributed by atoms with Gasteiger partial charge in [0.2, 0.25) is 11.6 Å². The van der Waals surface area contributed by atoms with Gasteiger partial charge in [-0.05, 0) is 17.4 Å². The van der Waals surface area contributed by atoms with Gasteiger partial charge in [0.25, 0.3) is 0 Å². The third kappa shape index (κ3) is 2.59. The van der Waals surface area contributed by atoms with Crippen LogP contribution in [0.25, 0.3) is 0 Å². The Morgan fingerprint density at radius 2 is 1.76 bits per heavy atom. The molecular formula is C23H19N3O3. The summed E-state index contributed by atoms with van der Waals surface area (Å²) in [5.74, 6) is -1.20. The Balaban J connectivity index is 1.76. The van der Waals surface area contributed by atoms with Gasteiger partial charge in [-0.25, -0.2) is 9.97 Å². The molecule has 1 aromatic carbocycles. The molecule has 1 unspecified atom stereocenters. The van der Waals surface area contributed by atoms with E-state index in [1.54, 1.807) is 0 Å². The minimum absolute atomic E-state index is 0.0119. The molecule has 2 heterocycles. The van der Waals surface area contributed by atoms with Crippen molar-refractivity contribution in [1.29, 1.82) is 0 Å². The van der Waals surface area contributed by atoms with Crippen LogP contribution in [0.5, 0.6) is 0 Å². The summed E-state index contributed by atoms with van der Waals surface area (Å²) >= 11 is 0. The van der Waals surface area contributed by atoms with Crippen LogP contribution in [0.15, 0.2) is 65.4 Å². The molecule has 6 nitrogen and oxygen atoms in total. The Labute approximate surface area is 167 Å². The molecule has 0 bridgehead atoms. The molecule has 1 aromatic heterocycles. The van der Waals surface area contributed by atoms with Gasteiger partial charge in [-0.3, -0.25) is 14.4 Å². The van der Waals surface area contributed by atoms with Crippen LogP contribution in [0.4, 0.5) is 0 Å². The Hall–Kier alpha value is -3.41. The smallest absolute Gasteiger partial charge is 0.213 e. The number of nitrogens with zero attached hydrogens (tertiary/aromatic N) is 2. The SMILES string of the molecule is CC1(C)CC(=O)C2=C(C1)NC1=C(C(=O)c3ncncc3C1=O)C2c1ccccc1. The molecule has 0 amide bonds. The van der Waals surface area contributed by atoms with Gasteiger partial charge >= 0.3 is 0 Å². The zero-order valence-corrected chi connectivity index (χ0v) is 16.2. The van der Waals surface area contributed by atoms with E-state index in [1.807, 2.05) is 44.2 Å². The van der Waals surface area contributed by atoms with Crippen molar-refractivity contribution < 1.29 is 14.4 Å². The molecule has 0 radical (unpaired) electrons. The molecule has 1 atom stereocenters. The van der Waals surface area contributed by atoms with E-state index in [1.165, 1.54) is 12.5 Å². The van der Waals surface area contributed by atoms with Gasteiger partial charge in [0.05, 0.1) is 11.3 Å². The predicted molar refractivity (Wildman–Crippen MR) is 105 cm³/mol. The lowest BCUT2D eigenvalue weighted by Crippen LogP contribution is -2.42. The largest absolute Gasteiger partial charge is 0.355 e. The van der Waals surface area contributed by atoms with Crippen molar-refractivity contribution in [2.75, 3.05) is 0 Å². The van der Waals surface area contributed by atoms with Crippen LogP contribution in [0, 0.1) is 5.41 Å². The minimum atomic E-state index is -0.578. The Morgan fingerprint density at radius 3 is 2.52 bits per heavy atom. The minimum Gasteiger partial charge on any atom is -0.355 e. The van der Waals surface area contributed by atoms with Crippen LogP contribution in [0.3, 0.4) is 0 Å². The summed E-state index contributed by atoms with van der Waals surface area (Å²) in [5, 5.41) is 3.18. The fourth-order valence-corrected chi connectivity index (χ4v) is 4.63. The number of dihydropyridines is 1. The number of hydrogen-bond donors (Lipinski definition) is 1. The van der Waals surface area contributed by atoms with E-state index in [0.29, 0.717) is 24.0 Å². The standard InChI is InChI=1S/C23H19N3O3/c1-23(2)8-14-17(15(27)9-23)16(12-6-4-3-5-7-12)18-20(26-14)21(28)13-10-24-11-25-19(13)22(18)29/h3-7,10-11,16,26H,8-9H2,1-2H3. The average Bonchev–Trinajstić information content (AvgIpc) is 2.70. The van der Waals surface area contributed by atoms with Crippen LogP contribution >= 0.6 is 0 Å². The van der Waals surface area contributed by atoms with Gasteiger partial charge in [-0.15, -0.1) is 0 Å². The lowest BCUT2D eigenvalue weighted by atomic mass is 9.66. The second-order valence-electron chi connectivity index (χ2n) is 8.53. The summed E-state index contributed by atoms with van der Waals surface area (Å²) in [6.45, 7) is 4.07. The van der Waals surface area contributed by atoms with E-state index < -0.39 is 5.92 Å². The second-order valence-corrected chi connectivity index (χ2v) is 8.53. The molecule has 144 valence electrons. The molecule has 29 heavy (non-hydrogen) atoms. The van der Waals surface area contributed by atoms with E-state index in [-0.39, 0.29) is 39.7 Å². The highest BCUT2D eigenvalue weighted by atomic mass is 16.1. The molecule has 5 rings (SSSR count). The van der Waals surface area contributed by atoms with Crippen LogP contribution in [0.1, 0.15) is 59.0 Å². The lowest BCUT2D eigenvalue weighted by molar-refractivity contribution is -0.118. The number of rotatable bonds is 1. The number of aromatic nitrogens is 2. The summed E-state index contributed by atoms with van der Waals surface area (Å²) in [6, 6.07) is 9.43. The van der Waals surface area contributed by atoms with Crippen LogP contribution < -0.4 is 5.32 Å². The van der Waals surface area contributed by atoms with Gasteiger partial charge in [-0.2, -0.15) is 0 Å². The van der Waals surface area contributed by atoms with Crippen LogP contribution in [-0.2, 0) is 4.79 Å². The van der Waals surface area contributed by atoms with Crippen molar-refractivity contribution >= 4 is 17.3 Å². The van der Waals surface area contributed by atoms with E-state index in [2.05, 4.69) is 15.3 Å². The highest BCUT2D eigenvalue weighted by Crippen LogP contribution is 2.48. The first-order valence-corrected chi connectivity index (χ1v) is 9.59. The van der Waals surface area contributed by atoms with Crippen molar-refractivity contribution in [2.45, 2.75) is 32.6 Å². The molecule has 1 aliphatic heterocycles. The Morgan fingerprint density at radius 1 is 1.00 bits per heavy atom. The maximum atomic E-state index is 13.4. The monoisotopic (exact) mass is 385 g/mol. The first-order valence-electron chi connectivity index (χ1n) is 9.59. The number of benzene rings is 1. The molecular weight excluding hydrogens is 366 g/mol. The van der Waals surface area contributed by atoms with E-state index >= 15 is 0 Å². The number of ketones is 3. The van der Waals surface area contributed by atoms with Crippen molar-refractivity contribution in [2.24, 2.45) is 5.41 Å². The molecule has 2 aliphatic carbocycles. The number of fused-ring (bicyclic) bond motifs is 1. The van der Waals surface area contributed by atoms with Gasteiger partial charge in [0, 0.05) is 35.4 Å². The number of carbonyl (C=O) groups excluding carboxylic acids is 3. The Bertz CT molecular complexity index is 1160. The molecule has 0 fully saturated rings. The van der Waals surface area contributed by atoms with Crippen molar-refractivity contribution in [1.82, 2.24) is 15.3 Å². The third-order valence-electron chi connectivity index (χ3n) is 5.82. The summed E-state index contributed by atoms with van der Waals surface area (Å²) in [6.07, 6.45) is 3.68. The zero-order valence-electron chi connectivity index (χ0n) is 16.2. The van der Waals surface area contributed by atoms with Crippen LogP contribution in [-0.4, -0.2) is 27.3 Å². The van der Waals surface area contributed by atoms with Crippen molar-refractivity contribution in [3.63, 3.8) is 0 Å². The fourth-order valence-electron chi connectivity index (χ4n) is 4.63. The van der Waals surface area contributed by atoms with E-state index in [4.69, 9.17) is 0 Å². The predicted octanol–water partition coefficient (Wildman–Crippen LogP) is 3.14. The number of hydrogen-bond acceptors (Lipinski definition) is 6. The highest BCUT2D eigenvalue weighted by molar-refractivity contribution is 6.27. The van der Waals surface area contributed by atoms with Gasteiger partial charge in [0.15, 0.2) is 5.78 Å². The summed E-state index contributed by atoms with van der Waals surface area (Å²) in [7, 11) is 0. The number of Topliss-reactive ketones (excluding diaryl/α,β-unsaturated/α-hetero) is 3. The van der Waals surface area contributed by atoms with Crippen molar-refractivity contribution in [3.05, 3.63) is 82.2 Å². The lowest BCUT2D eigenvalue weighted by Gasteiger charge is -2.40. The van der Waals surface area contributed by atoms with Crippen molar-refractivity contribution in [3.8, 4) is 0 Å². The first-order chi connectivity index (χ1) is 13.9. The third-order valence-corrected chi connectivity index (χ3v) is 5.82. The molecule has 1 N–H and O–H groups in total. The molecule has 3 aliphatic rings. The molecule has 2 aromatic rings. The average molecular weight is 385 g/mol. The van der Waals surface area contributed by atoms with Gasteiger partial charge in [-0.1, -0.05) is 44.2 Å². The van der Waals surface area contributed by atoms with Gasteiger partial charge in [0.1, 0.15) is 12.0 Å². The normalized spacial score (nSPS) is 22.7. The summed E-state index contributed by atoms with van der Waals surface area (Å²) in [4.78, 5) is 47.8. The molecule has 6 heteroatoms. The maximum absolute atomic E-state index is 13.4. The molecule has 0 saturated carbocycles. The fraction of sp³-hybridized carbons (Fsp3) is 0.261. The summed E-state index contributed by atoms with van der Waals surface area (Å²) in [5.41, 5.74) is 2.77. The number of nitrogens with one attached hydrogen (secondary N) is 1. The second kappa shape index (κ2) is 6.04. The zero-order chi connectivity index (χ0) is 20.3. The quantitative estimate of drug-likeness (QED) is 0.811. The van der Waals surface area contributed by atoms with E-state index in [0.717, 1.165) is 11.3 Å². The Kier molecular flexibility index (Phi) is 3.68. The maximum Gasteiger partial charge on any atom is 0.213 e. The highest BCUT2D eigenvalue weighted by Gasteiger charge is 2.47. The van der Waals surface area contributed by atoms with Gasteiger partial charge < -0.3 is 5.32 Å². The van der Waals surface area contributed by atoms with Crippen LogP contribution in [0.2, 0.25) is 0 Å². The molecule has 0 spiro atoms. The topological polar surface area (TPSA) is 89.0 Å². The summed E-state index contributed by atoms with van der Waals surface area (Å²) < 4.78 is 0. The molecule has 0 saturated heterocycles. The first kappa shape index (κ1) is 17.7. The number of allylic oxidation sites excluding steroid dienone is 4.